The fourth-order valence-corrected chi connectivity index (χ4v) is 4.51. The molecule has 10 heteroatoms. The molecule has 0 fully saturated rings. The van der Waals surface area contributed by atoms with E-state index < -0.39 is 26.0 Å². The topological polar surface area (TPSA) is 112 Å². The lowest BCUT2D eigenvalue weighted by Crippen LogP contribution is -2.17. The summed E-state index contributed by atoms with van der Waals surface area (Å²) in [6.07, 6.45) is 0. The van der Waals surface area contributed by atoms with Crippen molar-refractivity contribution in [3.05, 3.63) is 29.5 Å². The first-order valence-electron chi connectivity index (χ1n) is 8.13. The minimum absolute atomic E-state index is 0.108. The van der Waals surface area contributed by atoms with Gasteiger partial charge < -0.3 is 4.74 Å². The van der Waals surface area contributed by atoms with Crippen molar-refractivity contribution >= 4 is 42.6 Å². The number of esters is 1. The van der Waals surface area contributed by atoms with Gasteiger partial charge in [0.15, 0.2) is 0 Å². The molecule has 0 aliphatic heterocycles. The molecule has 0 spiro atoms. The first-order chi connectivity index (χ1) is 12.1. The Labute approximate surface area is 153 Å². The summed E-state index contributed by atoms with van der Waals surface area (Å²) >= 11 is 0. The Morgan fingerprint density at radius 3 is 2.31 bits per heavy atom. The molecule has 0 bridgehead atoms. The number of rotatable bonds is 7. The monoisotopic (exact) mass is 402 g/mol. The summed E-state index contributed by atoms with van der Waals surface area (Å²) in [6, 6.07) is 4.39. The van der Waals surface area contributed by atoms with Crippen molar-refractivity contribution in [1.82, 2.24) is 3.97 Å². The summed E-state index contributed by atoms with van der Waals surface area (Å²) in [7, 11) is -7.18. The third-order valence-corrected chi connectivity index (χ3v) is 6.99. The number of nitrogens with zero attached hydrogens (tertiary/aromatic N) is 1. The molecule has 2 aromatic rings. The number of nitrogens with one attached hydrogen (secondary N) is 1. The minimum Gasteiger partial charge on any atom is -0.462 e. The third-order valence-electron chi connectivity index (χ3n) is 3.93. The quantitative estimate of drug-likeness (QED) is 0.710. The van der Waals surface area contributed by atoms with Crippen molar-refractivity contribution in [3.63, 3.8) is 0 Å². The van der Waals surface area contributed by atoms with Crippen LogP contribution in [0.15, 0.2) is 18.2 Å². The maximum atomic E-state index is 12.5. The van der Waals surface area contributed by atoms with Crippen LogP contribution in [0.25, 0.3) is 10.9 Å². The van der Waals surface area contributed by atoms with Gasteiger partial charge in [0.05, 0.1) is 29.2 Å². The summed E-state index contributed by atoms with van der Waals surface area (Å²) in [6.45, 7) is 6.31. The van der Waals surface area contributed by atoms with Crippen LogP contribution < -0.4 is 4.72 Å². The molecule has 0 aliphatic rings. The number of hydrogen-bond acceptors (Lipinski definition) is 6. The molecule has 0 aliphatic carbocycles. The number of benzene rings is 1. The molecule has 144 valence electrons. The van der Waals surface area contributed by atoms with Crippen LogP contribution in [0.4, 0.5) is 5.69 Å². The summed E-state index contributed by atoms with van der Waals surface area (Å²) < 4.78 is 57.1. The number of anilines is 1. The number of carbonyl (C=O) groups excluding carboxylic acids is 1. The first kappa shape index (κ1) is 20.2. The van der Waals surface area contributed by atoms with Gasteiger partial charge in [-0.1, -0.05) is 0 Å². The van der Waals surface area contributed by atoms with Gasteiger partial charge in [-0.15, -0.1) is 0 Å². The van der Waals surface area contributed by atoms with Crippen molar-refractivity contribution in [2.24, 2.45) is 0 Å². The molecule has 1 aromatic heterocycles. The van der Waals surface area contributed by atoms with Gasteiger partial charge in [0.1, 0.15) is 0 Å². The molecule has 0 saturated carbocycles. The smallest absolute Gasteiger partial charge is 0.340 e. The highest BCUT2D eigenvalue weighted by Crippen LogP contribution is 2.31. The van der Waals surface area contributed by atoms with Gasteiger partial charge in [0.2, 0.25) is 20.0 Å². The van der Waals surface area contributed by atoms with Crippen molar-refractivity contribution in [2.45, 2.75) is 27.7 Å². The highest BCUT2D eigenvalue weighted by molar-refractivity contribution is 7.92. The van der Waals surface area contributed by atoms with E-state index in [-0.39, 0.29) is 35.1 Å². The zero-order valence-corrected chi connectivity index (χ0v) is 16.7. The molecule has 2 rings (SSSR count). The Bertz CT molecular complexity index is 1050. The molecule has 26 heavy (non-hydrogen) atoms. The van der Waals surface area contributed by atoms with Gasteiger partial charge in [-0.3, -0.25) is 4.72 Å². The Morgan fingerprint density at radius 2 is 1.77 bits per heavy atom. The number of aromatic nitrogens is 1. The van der Waals surface area contributed by atoms with Gasteiger partial charge in [0.25, 0.3) is 0 Å². The normalized spacial score (nSPS) is 12.3. The molecule has 1 aromatic carbocycles. The summed E-state index contributed by atoms with van der Waals surface area (Å²) in [5, 5.41) is 0.314. The van der Waals surface area contributed by atoms with Gasteiger partial charge in [-0.25, -0.2) is 25.6 Å². The predicted molar refractivity (Wildman–Crippen MR) is 101 cm³/mol. The molecule has 0 atom stereocenters. The second-order valence-electron chi connectivity index (χ2n) is 5.58. The summed E-state index contributed by atoms with van der Waals surface area (Å²) in [4.78, 5) is 12.4. The maximum absolute atomic E-state index is 12.5. The second kappa shape index (κ2) is 7.28. The first-order valence-corrected chi connectivity index (χ1v) is 11.4. The lowest BCUT2D eigenvalue weighted by atomic mass is 10.1. The average Bonchev–Trinajstić information content (AvgIpc) is 2.86. The van der Waals surface area contributed by atoms with Crippen LogP contribution in [0, 0.1) is 6.92 Å². The molecule has 0 saturated heterocycles. The molecule has 0 unspecified atom stereocenters. The average molecular weight is 402 g/mol. The Hall–Kier alpha value is -2.07. The van der Waals surface area contributed by atoms with E-state index in [4.69, 9.17) is 4.74 Å². The fourth-order valence-electron chi connectivity index (χ4n) is 2.65. The lowest BCUT2D eigenvalue weighted by molar-refractivity contribution is 0.0528. The van der Waals surface area contributed by atoms with Gasteiger partial charge in [0, 0.05) is 16.8 Å². The number of hydrogen-bond donors (Lipinski definition) is 1. The number of fused-ring (bicyclic) bond motifs is 1. The van der Waals surface area contributed by atoms with Crippen LogP contribution in [0.3, 0.4) is 0 Å². The standard InChI is InChI=1S/C16H22N2O6S2/c1-5-24-16(19)15-11(4)18(26(22,23)7-3)14-9-8-12(10-13(14)15)17-25(20,21)6-2/h8-10,17H,5-7H2,1-4H3. The Kier molecular flexibility index (Phi) is 5.67. The predicted octanol–water partition coefficient (Wildman–Crippen LogP) is 2.09. The van der Waals surface area contributed by atoms with E-state index in [0.29, 0.717) is 10.9 Å². The zero-order chi connectivity index (χ0) is 19.7. The summed E-state index contributed by atoms with van der Waals surface area (Å²) in [5.74, 6) is -0.917. The van der Waals surface area contributed by atoms with Crippen LogP contribution >= 0.6 is 0 Å². The second-order valence-corrected chi connectivity index (χ2v) is 9.70. The van der Waals surface area contributed by atoms with Crippen molar-refractivity contribution < 1.29 is 26.4 Å². The van der Waals surface area contributed by atoms with Crippen LogP contribution in [0.2, 0.25) is 0 Å². The molecule has 1 heterocycles. The number of sulfonamides is 1. The molecular weight excluding hydrogens is 380 g/mol. The molecular formula is C16H22N2O6S2. The van der Waals surface area contributed by atoms with Gasteiger partial charge in [-0.2, -0.15) is 0 Å². The molecule has 1 N–H and O–H groups in total. The Morgan fingerprint density at radius 1 is 1.12 bits per heavy atom. The van der Waals surface area contributed by atoms with Crippen molar-refractivity contribution in [2.75, 3.05) is 22.8 Å². The van der Waals surface area contributed by atoms with Crippen molar-refractivity contribution in [1.29, 1.82) is 0 Å². The minimum atomic E-state index is -3.67. The van der Waals surface area contributed by atoms with E-state index in [9.17, 15) is 21.6 Å². The third kappa shape index (κ3) is 3.70. The van der Waals surface area contributed by atoms with E-state index in [1.807, 2.05) is 0 Å². The van der Waals surface area contributed by atoms with Crippen LogP contribution in [0.1, 0.15) is 36.8 Å². The van der Waals surface area contributed by atoms with E-state index >= 15 is 0 Å². The maximum Gasteiger partial charge on any atom is 0.340 e. The van der Waals surface area contributed by atoms with Gasteiger partial charge in [-0.05, 0) is 45.9 Å². The van der Waals surface area contributed by atoms with Crippen molar-refractivity contribution in [3.8, 4) is 0 Å². The molecule has 0 radical (unpaired) electrons. The van der Waals surface area contributed by atoms with E-state index in [1.54, 1.807) is 6.92 Å². The van der Waals surface area contributed by atoms with Gasteiger partial charge >= 0.3 is 5.97 Å². The SMILES string of the molecule is CCOC(=O)c1c(C)n(S(=O)(=O)CC)c2ccc(NS(=O)(=O)CC)cc12. The van der Waals surface area contributed by atoms with E-state index in [1.165, 1.54) is 39.0 Å². The fraction of sp³-hybridized carbons (Fsp3) is 0.438. The molecule has 8 nitrogen and oxygen atoms in total. The van der Waals surface area contributed by atoms with E-state index in [0.717, 1.165) is 3.97 Å². The van der Waals surface area contributed by atoms with Crippen LogP contribution in [0.5, 0.6) is 0 Å². The van der Waals surface area contributed by atoms with E-state index in [2.05, 4.69) is 4.72 Å². The highest BCUT2D eigenvalue weighted by atomic mass is 32.2. The van der Waals surface area contributed by atoms with Crippen LogP contribution in [-0.4, -0.2) is 44.9 Å². The largest absolute Gasteiger partial charge is 0.462 e. The zero-order valence-electron chi connectivity index (χ0n) is 15.1. The molecule has 0 amide bonds. The van der Waals surface area contributed by atoms with Crippen LogP contribution in [-0.2, 0) is 24.8 Å². The summed E-state index contributed by atoms with van der Waals surface area (Å²) in [5.41, 5.74) is 0.884. The number of carbonyl (C=O) groups is 1. The highest BCUT2D eigenvalue weighted by Gasteiger charge is 2.26. The lowest BCUT2D eigenvalue weighted by Gasteiger charge is -2.09. The number of ether oxygens (including phenoxy) is 1. The Balaban J connectivity index is 2.81.